The highest BCUT2D eigenvalue weighted by Gasteiger charge is 2.23. The number of aromatic nitrogens is 3. The topological polar surface area (TPSA) is 56.2 Å². The third-order valence-corrected chi connectivity index (χ3v) is 4.93. The van der Waals surface area contributed by atoms with Crippen molar-refractivity contribution in [3.05, 3.63) is 66.2 Å². The van der Waals surface area contributed by atoms with Crippen LogP contribution in [0.15, 0.2) is 69.3 Å². The van der Waals surface area contributed by atoms with E-state index in [2.05, 4.69) is 15.3 Å². The molecule has 0 unspecified atom stereocenters. The van der Waals surface area contributed by atoms with Crippen LogP contribution in [-0.4, -0.2) is 26.3 Å². The van der Waals surface area contributed by atoms with Crippen molar-refractivity contribution in [1.29, 1.82) is 0 Å². The Balaban J connectivity index is 1.64. The summed E-state index contributed by atoms with van der Waals surface area (Å²) in [7, 11) is 0. The SMILES string of the molecule is Fc1ccccc1-c1nnc2n1N=C(c1cc3ccccc3o1)CS2. The summed E-state index contributed by atoms with van der Waals surface area (Å²) < 4.78 is 21.6. The van der Waals surface area contributed by atoms with Gasteiger partial charge >= 0.3 is 0 Å². The van der Waals surface area contributed by atoms with E-state index in [-0.39, 0.29) is 5.82 Å². The van der Waals surface area contributed by atoms with Crippen LogP contribution in [-0.2, 0) is 0 Å². The third-order valence-electron chi connectivity index (χ3n) is 4.00. The Labute approximate surface area is 146 Å². The summed E-state index contributed by atoms with van der Waals surface area (Å²) in [6.45, 7) is 0. The van der Waals surface area contributed by atoms with Gasteiger partial charge in [-0.15, -0.1) is 10.2 Å². The van der Waals surface area contributed by atoms with E-state index < -0.39 is 0 Å². The lowest BCUT2D eigenvalue weighted by Crippen LogP contribution is -2.13. The first-order valence-corrected chi connectivity index (χ1v) is 8.68. The van der Waals surface area contributed by atoms with Crippen molar-refractivity contribution < 1.29 is 8.81 Å². The summed E-state index contributed by atoms with van der Waals surface area (Å²) in [5.74, 6) is 1.35. The molecule has 0 saturated carbocycles. The highest BCUT2D eigenvalue weighted by Crippen LogP contribution is 2.30. The normalized spacial score (nSPS) is 13.7. The van der Waals surface area contributed by atoms with Crippen LogP contribution in [0.4, 0.5) is 4.39 Å². The number of furan rings is 1. The maximum absolute atomic E-state index is 14.1. The van der Waals surface area contributed by atoms with Crippen molar-refractivity contribution in [3.8, 4) is 11.4 Å². The van der Waals surface area contributed by atoms with Crippen LogP contribution in [0.1, 0.15) is 5.76 Å². The van der Waals surface area contributed by atoms with Gasteiger partial charge in [0, 0.05) is 11.1 Å². The molecule has 0 amide bonds. The largest absolute Gasteiger partial charge is 0.455 e. The molecule has 0 aliphatic carbocycles. The predicted octanol–water partition coefficient (Wildman–Crippen LogP) is 4.19. The molecule has 1 aliphatic rings. The highest BCUT2D eigenvalue weighted by atomic mass is 32.2. The lowest BCUT2D eigenvalue weighted by molar-refractivity contribution is 0.601. The van der Waals surface area contributed by atoms with Crippen LogP contribution >= 0.6 is 11.8 Å². The fourth-order valence-electron chi connectivity index (χ4n) is 2.78. The molecular weight excluding hydrogens is 339 g/mol. The number of rotatable bonds is 2. The average molecular weight is 350 g/mol. The molecule has 5 nitrogen and oxygen atoms in total. The molecule has 5 rings (SSSR count). The molecule has 25 heavy (non-hydrogen) atoms. The molecule has 0 fully saturated rings. The van der Waals surface area contributed by atoms with Crippen LogP contribution in [0.2, 0.25) is 0 Å². The van der Waals surface area contributed by atoms with Crippen LogP contribution < -0.4 is 0 Å². The molecule has 0 spiro atoms. The molecule has 3 heterocycles. The Hall–Kier alpha value is -2.93. The lowest BCUT2D eigenvalue weighted by atomic mass is 10.2. The molecule has 1 aliphatic heterocycles. The Morgan fingerprint density at radius 2 is 1.88 bits per heavy atom. The van der Waals surface area contributed by atoms with Gasteiger partial charge in [0.05, 0.1) is 5.56 Å². The number of hydrogen-bond donors (Lipinski definition) is 0. The summed E-state index contributed by atoms with van der Waals surface area (Å²) in [5.41, 5.74) is 1.96. The number of fused-ring (bicyclic) bond motifs is 2. The van der Waals surface area contributed by atoms with E-state index in [0.717, 1.165) is 16.7 Å². The number of thioether (sulfide) groups is 1. The summed E-state index contributed by atoms with van der Waals surface area (Å²) in [5, 5.41) is 14.5. The van der Waals surface area contributed by atoms with Gasteiger partial charge in [0.15, 0.2) is 11.6 Å². The second-order valence-electron chi connectivity index (χ2n) is 5.58. The van der Waals surface area contributed by atoms with Crippen molar-refractivity contribution in [1.82, 2.24) is 14.9 Å². The molecule has 0 radical (unpaired) electrons. The second-order valence-corrected chi connectivity index (χ2v) is 6.52. The molecule has 122 valence electrons. The van der Waals surface area contributed by atoms with E-state index in [1.807, 2.05) is 30.3 Å². The molecular formula is C18H11FN4OS. The predicted molar refractivity (Wildman–Crippen MR) is 94.3 cm³/mol. The number of hydrogen-bond acceptors (Lipinski definition) is 5. The zero-order valence-electron chi connectivity index (χ0n) is 12.9. The smallest absolute Gasteiger partial charge is 0.212 e. The van der Waals surface area contributed by atoms with Gasteiger partial charge in [0.1, 0.15) is 17.1 Å². The van der Waals surface area contributed by atoms with E-state index in [4.69, 9.17) is 4.42 Å². The van der Waals surface area contributed by atoms with Gasteiger partial charge in [-0.2, -0.15) is 9.78 Å². The summed E-state index contributed by atoms with van der Waals surface area (Å²) in [6.07, 6.45) is 0. The Morgan fingerprint density at radius 3 is 2.76 bits per heavy atom. The minimum Gasteiger partial charge on any atom is -0.455 e. The van der Waals surface area contributed by atoms with Crippen LogP contribution in [0.5, 0.6) is 0 Å². The first kappa shape index (κ1) is 14.4. The first-order chi connectivity index (χ1) is 12.3. The molecule has 0 N–H and O–H groups in total. The first-order valence-electron chi connectivity index (χ1n) is 7.69. The van der Waals surface area contributed by atoms with Crippen molar-refractivity contribution in [3.63, 3.8) is 0 Å². The van der Waals surface area contributed by atoms with E-state index in [9.17, 15) is 4.39 Å². The number of benzene rings is 2. The molecule has 0 atom stereocenters. The molecule has 4 aromatic rings. The molecule has 2 aromatic carbocycles. The number of para-hydroxylation sites is 1. The van der Waals surface area contributed by atoms with E-state index in [1.165, 1.54) is 17.8 Å². The molecule has 7 heteroatoms. The van der Waals surface area contributed by atoms with Crippen molar-refractivity contribution in [2.24, 2.45) is 5.10 Å². The van der Waals surface area contributed by atoms with Crippen LogP contribution in [0, 0.1) is 5.82 Å². The maximum atomic E-state index is 14.1. The fourth-order valence-corrected chi connectivity index (χ4v) is 3.60. The van der Waals surface area contributed by atoms with Gasteiger partial charge in [-0.25, -0.2) is 4.39 Å². The zero-order valence-corrected chi connectivity index (χ0v) is 13.7. The van der Waals surface area contributed by atoms with Crippen molar-refractivity contribution in [2.75, 3.05) is 5.75 Å². The van der Waals surface area contributed by atoms with Gasteiger partial charge in [0.2, 0.25) is 5.16 Å². The Bertz CT molecular complexity index is 1100. The van der Waals surface area contributed by atoms with Crippen LogP contribution in [0.25, 0.3) is 22.4 Å². The second kappa shape index (κ2) is 5.56. The molecule has 0 saturated heterocycles. The average Bonchev–Trinajstić information content (AvgIpc) is 3.25. The maximum Gasteiger partial charge on any atom is 0.212 e. The zero-order chi connectivity index (χ0) is 16.8. The van der Waals surface area contributed by atoms with E-state index in [0.29, 0.717) is 28.1 Å². The summed E-state index contributed by atoms with van der Waals surface area (Å²) in [6, 6.07) is 16.3. The standard InChI is InChI=1S/C18H11FN4OS/c19-13-7-3-2-6-12(13)17-20-21-18-23(17)22-14(10-25-18)16-9-11-5-1-4-8-15(11)24-16/h1-9H,10H2. The van der Waals surface area contributed by atoms with Gasteiger partial charge in [-0.05, 0) is 24.3 Å². The van der Waals surface area contributed by atoms with Gasteiger partial charge < -0.3 is 4.42 Å². The Morgan fingerprint density at radius 1 is 1.04 bits per heavy atom. The van der Waals surface area contributed by atoms with Gasteiger partial charge in [-0.3, -0.25) is 0 Å². The molecule has 0 bridgehead atoms. The molecule has 2 aromatic heterocycles. The minimum atomic E-state index is -0.353. The van der Waals surface area contributed by atoms with Crippen LogP contribution in [0.3, 0.4) is 0 Å². The quantitative estimate of drug-likeness (QED) is 0.544. The summed E-state index contributed by atoms with van der Waals surface area (Å²) in [4.78, 5) is 0. The highest BCUT2D eigenvalue weighted by molar-refractivity contribution is 7.99. The lowest BCUT2D eigenvalue weighted by Gasteiger charge is -2.12. The number of nitrogens with zero attached hydrogens (tertiary/aromatic N) is 4. The van der Waals surface area contributed by atoms with Crippen molar-refractivity contribution >= 4 is 28.4 Å². The fraction of sp³-hybridized carbons (Fsp3) is 0.0556. The van der Waals surface area contributed by atoms with Crippen molar-refractivity contribution in [2.45, 2.75) is 5.16 Å². The third kappa shape index (κ3) is 2.35. The van der Waals surface area contributed by atoms with E-state index in [1.54, 1.807) is 22.9 Å². The monoisotopic (exact) mass is 350 g/mol. The number of halogens is 1. The summed E-state index contributed by atoms with van der Waals surface area (Å²) >= 11 is 1.50. The van der Waals surface area contributed by atoms with Gasteiger partial charge in [-0.1, -0.05) is 42.1 Å². The van der Waals surface area contributed by atoms with Gasteiger partial charge in [0.25, 0.3) is 0 Å². The van der Waals surface area contributed by atoms with E-state index >= 15 is 0 Å². The minimum absolute atomic E-state index is 0.353. The Kier molecular flexibility index (Phi) is 3.21.